The highest BCUT2D eigenvalue weighted by Crippen LogP contribution is 2.13. The van der Waals surface area contributed by atoms with Crippen LogP contribution in [0.2, 0.25) is 0 Å². The van der Waals surface area contributed by atoms with Crippen molar-refractivity contribution in [2.75, 3.05) is 13.6 Å². The maximum absolute atomic E-state index is 11.7. The van der Waals surface area contributed by atoms with Gasteiger partial charge in [0.2, 0.25) is 0 Å². The molecule has 0 radical (unpaired) electrons. The molecule has 0 aromatic heterocycles. The van der Waals surface area contributed by atoms with E-state index in [4.69, 9.17) is 4.74 Å². The average molecular weight is 326 g/mol. The molecule has 0 fully saturated rings. The van der Waals surface area contributed by atoms with E-state index < -0.39 is 5.60 Å². The lowest BCUT2D eigenvalue weighted by atomic mass is 10.2. The van der Waals surface area contributed by atoms with Crippen molar-refractivity contribution in [3.05, 3.63) is 40.4 Å². The first kappa shape index (κ1) is 15.8. The van der Waals surface area contributed by atoms with Crippen LogP contribution < -0.4 is 0 Å². The highest BCUT2D eigenvalue weighted by Gasteiger charge is 2.18. The monoisotopic (exact) mass is 325 g/mol. The molecular formula is C15H20BrNO2. The Balaban J connectivity index is 2.50. The van der Waals surface area contributed by atoms with Gasteiger partial charge in [0, 0.05) is 18.1 Å². The molecule has 0 bridgehead atoms. The summed E-state index contributed by atoms with van der Waals surface area (Å²) >= 11 is 3.42. The van der Waals surface area contributed by atoms with Gasteiger partial charge in [-0.15, -0.1) is 0 Å². The van der Waals surface area contributed by atoms with Crippen LogP contribution in [0.25, 0.3) is 6.08 Å². The summed E-state index contributed by atoms with van der Waals surface area (Å²) in [4.78, 5) is 13.3. The Morgan fingerprint density at radius 3 is 2.68 bits per heavy atom. The summed E-state index contributed by atoms with van der Waals surface area (Å²) in [6.07, 6.45) is 3.60. The predicted octanol–water partition coefficient (Wildman–Crippen LogP) is 4.33. The smallest absolute Gasteiger partial charge is 0.410 e. The number of carbonyl (C=O) groups is 1. The minimum Gasteiger partial charge on any atom is -0.444 e. The van der Waals surface area contributed by atoms with Crippen LogP contribution in [0.1, 0.15) is 26.3 Å². The molecule has 104 valence electrons. The van der Waals surface area contributed by atoms with Gasteiger partial charge in [-0.25, -0.2) is 4.79 Å². The van der Waals surface area contributed by atoms with Gasteiger partial charge in [0.25, 0.3) is 0 Å². The number of rotatable bonds is 3. The van der Waals surface area contributed by atoms with Gasteiger partial charge in [-0.1, -0.05) is 40.2 Å². The van der Waals surface area contributed by atoms with E-state index in [0.29, 0.717) is 6.54 Å². The van der Waals surface area contributed by atoms with Gasteiger partial charge in [0.15, 0.2) is 0 Å². The summed E-state index contributed by atoms with van der Waals surface area (Å²) < 4.78 is 6.30. The molecule has 0 saturated heterocycles. The van der Waals surface area contributed by atoms with Crippen LogP contribution >= 0.6 is 15.9 Å². The van der Waals surface area contributed by atoms with Crippen LogP contribution in [0, 0.1) is 0 Å². The van der Waals surface area contributed by atoms with Crippen LogP contribution in [-0.2, 0) is 4.74 Å². The highest BCUT2D eigenvalue weighted by molar-refractivity contribution is 9.10. The number of ether oxygens (including phenoxy) is 1. The fourth-order valence-corrected chi connectivity index (χ4v) is 1.79. The lowest BCUT2D eigenvalue weighted by Crippen LogP contribution is -2.34. The molecule has 1 amide bonds. The van der Waals surface area contributed by atoms with Crippen LogP contribution in [0.5, 0.6) is 0 Å². The van der Waals surface area contributed by atoms with Crippen molar-refractivity contribution in [3.8, 4) is 0 Å². The van der Waals surface area contributed by atoms with Crippen LogP contribution in [0.4, 0.5) is 4.79 Å². The number of likely N-dealkylation sites (N-methyl/N-ethyl adjacent to an activating group) is 1. The largest absolute Gasteiger partial charge is 0.444 e. The second-order valence-electron chi connectivity index (χ2n) is 5.32. The Kier molecular flexibility index (Phi) is 5.60. The summed E-state index contributed by atoms with van der Waals surface area (Å²) in [5.74, 6) is 0. The molecule has 1 aromatic carbocycles. The molecule has 4 heteroatoms. The highest BCUT2D eigenvalue weighted by atomic mass is 79.9. The van der Waals surface area contributed by atoms with Crippen molar-refractivity contribution >= 4 is 28.1 Å². The standard InChI is InChI=1S/C15H20BrNO2/c1-15(2,3)19-14(18)17(4)10-6-8-12-7-5-9-13(16)11-12/h5-9,11H,10H2,1-4H3. The molecule has 0 spiro atoms. The molecule has 0 unspecified atom stereocenters. The summed E-state index contributed by atoms with van der Waals surface area (Å²) in [5, 5.41) is 0. The maximum atomic E-state index is 11.7. The number of carbonyl (C=O) groups excluding carboxylic acids is 1. The van der Waals surface area contributed by atoms with Crippen LogP contribution in [0.15, 0.2) is 34.8 Å². The predicted molar refractivity (Wildman–Crippen MR) is 82.0 cm³/mol. The molecular weight excluding hydrogens is 306 g/mol. The zero-order chi connectivity index (χ0) is 14.5. The number of hydrogen-bond donors (Lipinski definition) is 0. The Bertz CT molecular complexity index is 463. The Hall–Kier alpha value is -1.29. The van der Waals surface area contributed by atoms with E-state index in [9.17, 15) is 4.79 Å². The first-order valence-corrected chi connectivity index (χ1v) is 6.93. The summed E-state index contributed by atoms with van der Waals surface area (Å²) in [6, 6.07) is 7.98. The maximum Gasteiger partial charge on any atom is 0.410 e. The summed E-state index contributed by atoms with van der Waals surface area (Å²) in [6.45, 7) is 6.09. The van der Waals surface area contributed by atoms with Gasteiger partial charge in [-0.3, -0.25) is 0 Å². The number of halogens is 1. The van der Waals surface area contributed by atoms with Crippen molar-refractivity contribution in [2.45, 2.75) is 26.4 Å². The molecule has 0 heterocycles. The molecule has 0 aliphatic carbocycles. The van der Waals surface area contributed by atoms with E-state index in [1.165, 1.54) is 0 Å². The van der Waals surface area contributed by atoms with E-state index in [2.05, 4.69) is 15.9 Å². The molecule has 0 saturated carbocycles. The molecule has 0 atom stereocenters. The van der Waals surface area contributed by atoms with Gasteiger partial charge in [-0.2, -0.15) is 0 Å². The molecule has 0 aliphatic heterocycles. The molecule has 3 nitrogen and oxygen atoms in total. The topological polar surface area (TPSA) is 29.5 Å². The molecule has 0 aliphatic rings. The Labute approximate surface area is 123 Å². The normalized spacial score (nSPS) is 11.6. The summed E-state index contributed by atoms with van der Waals surface area (Å²) in [5.41, 5.74) is 0.631. The quantitative estimate of drug-likeness (QED) is 0.827. The van der Waals surface area contributed by atoms with Gasteiger partial charge in [-0.05, 0) is 38.5 Å². The third kappa shape index (κ3) is 6.43. The van der Waals surface area contributed by atoms with E-state index in [0.717, 1.165) is 10.0 Å². The zero-order valence-electron chi connectivity index (χ0n) is 11.8. The number of hydrogen-bond acceptors (Lipinski definition) is 2. The molecule has 0 N–H and O–H groups in total. The SMILES string of the molecule is CN(CC=Cc1cccc(Br)c1)C(=O)OC(C)(C)C. The third-order valence-corrected chi connectivity index (χ3v) is 2.74. The lowest BCUT2D eigenvalue weighted by molar-refractivity contribution is 0.0318. The second-order valence-corrected chi connectivity index (χ2v) is 6.23. The first-order valence-electron chi connectivity index (χ1n) is 6.14. The number of benzene rings is 1. The third-order valence-electron chi connectivity index (χ3n) is 2.24. The zero-order valence-corrected chi connectivity index (χ0v) is 13.4. The minimum atomic E-state index is -0.459. The molecule has 19 heavy (non-hydrogen) atoms. The number of nitrogens with zero attached hydrogens (tertiary/aromatic N) is 1. The van der Waals surface area contributed by atoms with Gasteiger partial charge >= 0.3 is 6.09 Å². The van der Waals surface area contributed by atoms with Crippen molar-refractivity contribution in [2.24, 2.45) is 0 Å². The second kappa shape index (κ2) is 6.75. The minimum absolute atomic E-state index is 0.314. The van der Waals surface area contributed by atoms with Crippen LogP contribution in [-0.4, -0.2) is 30.2 Å². The van der Waals surface area contributed by atoms with E-state index in [1.807, 2.05) is 57.2 Å². The number of amides is 1. The van der Waals surface area contributed by atoms with Crippen molar-refractivity contribution in [3.63, 3.8) is 0 Å². The van der Waals surface area contributed by atoms with Crippen molar-refractivity contribution in [1.29, 1.82) is 0 Å². The Morgan fingerprint density at radius 1 is 1.42 bits per heavy atom. The van der Waals surface area contributed by atoms with Crippen molar-refractivity contribution < 1.29 is 9.53 Å². The van der Waals surface area contributed by atoms with E-state index >= 15 is 0 Å². The van der Waals surface area contributed by atoms with Gasteiger partial charge < -0.3 is 9.64 Å². The fraction of sp³-hybridized carbons (Fsp3) is 0.400. The molecule has 1 rings (SSSR count). The van der Waals surface area contributed by atoms with E-state index in [1.54, 1.807) is 11.9 Å². The van der Waals surface area contributed by atoms with E-state index in [-0.39, 0.29) is 6.09 Å². The fourth-order valence-electron chi connectivity index (χ4n) is 1.37. The van der Waals surface area contributed by atoms with Crippen molar-refractivity contribution in [1.82, 2.24) is 4.90 Å². The lowest BCUT2D eigenvalue weighted by Gasteiger charge is -2.23. The van der Waals surface area contributed by atoms with Gasteiger partial charge in [0.05, 0.1) is 0 Å². The average Bonchev–Trinajstić information content (AvgIpc) is 2.26. The van der Waals surface area contributed by atoms with Gasteiger partial charge in [0.1, 0.15) is 5.60 Å². The summed E-state index contributed by atoms with van der Waals surface area (Å²) in [7, 11) is 1.72. The molecule has 1 aromatic rings. The first-order chi connectivity index (χ1) is 8.78. The Morgan fingerprint density at radius 2 is 2.11 bits per heavy atom. The van der Waals surface area contributed by atoms with Crippen LogP contribution in [0.3, 0.4) is 0 Å².